The van der Waals surface area contributed by atoms with Gasteiger partial charge in [0.1, 0.15) is 6.04 Å². The molecule has 2 heteroatoms. The molecule has 0 bridgehead atoms. The molecule has 3 aromatic carbocycles. The van der Waals surface area contributed by atoms with Crippen LogP contribution in [0.3, 0.4) is 0 Å². The lowest BCUT2D eigenvalue weighted by atomic mass is 10.1. The molecular weight excluding hydrogens is 294 g/mol. The highest BCUT2D eigenvalue weighted by molar-refractivity contribution is 5.37. The topological polar surface area (TPSA) is 23.5 Å². The Balaban J connectivity index is 1.86. The Kier molecular flexibility index (Phi) is 5.42. The zero-order valence-electron chi connectivity index (χ0n) is 13.3. The van der Waals surface area contributed by atoms with Gasteiger partial charge >= 0.3 is 0 Å². The molecular formula is C22H19NO. The third-order valence-corrected chi connectivity index (χ3v) is 3.73. The van der Waals surface area contributed by atoms with Crippen LogP contribution in [0.5, 0.6) is 0 Å². The number of hydrogen-bond acceptors (Lipinski definition) is 2. The SMILES string of the molecule is ON(Cc1ccccc1)C(C#Cc1ccccc1)c1ccccc1. The average Bonchev–Trinajstić information content (AvgIpc) is 2.64. The van der Waals surface area contributed by atoms with E-state index in [-0.39, 0.29) is 6.04 Å². The van der Waals surface area contributed by atoms with Crippen LogP contribution in [0.1, 0.15) is 22.7 Å². The van der Waals surface area contributed by atoms with Crippen molar-refractivity contribution in [3.05, 3.63) is 108 Å². The normalized spacial score (nSPS) is 11.6. The van der Waals surface area contributed by atoms with Gasteiger partial charge in [0.25, 0.3) is 0 Å². The molecule has 0 aliphatic heterocycles. The molecule has 1 unspecified atom stereocenters. The van der Waals surface area contributed by atoms with Gasteiger partial charge in [-0.2, -0.15) is 5.06 Å². The molecule has 0 fully saturated rings. The third kappa shape index (κ3) is 4.33. The van der Waals surface area contributed by atoms with E-state index >= 15 is 0 Å². The summed E-state index contributed by atoms with van der Waals surface area (Å²) in [7, 11) is 0. The van der Waals surface area contributed by atoms with E-state index in [1.165, 1.54) is 5.06 Å². The van der Waals surface area contributed by atoms with Crippen LogP contribution in [0.15, 0.2) is 91.0 Å². The lowest BCUT2D eigenvalue weighted by molar-refractivity contribution is -0.121. The first-order valence-corrected chi connectivity index (χ1v) is 7.94. The predicted molar refractivity (Wildman–Crippen MR) is 96.3 cm³/mol. The Labute approximate surface area is 143 Å². The second kappa shape index (κ2) is 8.12. The molecule has 0 aliphatic carbocycles. The maximum atomic E-state index is 10.6. The fourth-order valence-electron chi connectivity index (χ4n) is 2.50. The number of benzene rings is 3. The Hall–Kier alpha value is -2.86. The van der Waals surface area contributed by atoms with E-state index in [2.05, 4.69) is 11.8 Å². The summed E-state index contributed by atoms with van der Waals surface area (Å²) in [6, 6.07) is 29.2. The first kappa shape index (κ1) is 16.0. The minimum atomic E-state index is -0.383. The summed E-state index contributed by atoms with van der Waals surface area (Å²) >= 11 is 0. The largest absolute Gasteiger partial charge is 0.312 e. The summed E-state index contributed by atoms with van der Waals surface area (Å²) in [5.41, 5.74) is 2.95. The molecule has 1 atom stereocenters. The van der Waals surface area contributed by atoms with Crippen molar-refractivity contribution in [2.45, 2.75) is 12.6 Å². The minimum absolute atomic E-state index is 0.383. The van der Waals surface area contributed by atoms with Crippen LogP contribution in [-0.4, -0.2) is 10.3 Å². The van der Waals surface area contributed by atoms with Crippen molar-refractivity contribution in [3.8, 4) is 11.8 Å². The van der Waals surface area contributed by atoms with E-state index in [1.807, 2.05) is 91.0 Å². The highest BCUT2D eigenvalue weighted by atomic mass is 16.5. The number of hydrogen-bond donors (Lipinski definition) is 1. The van der Waals surface area contributed by atoms with E-state index < -0.39 is 0 Å². The number of nitrogens with zero attached hydrogens (tertiary/aromatic N) is 1. The number of hydroxylamine groups is 2. The van der Waals surface area contributed by atoms with Crippen molar-refractivity contribution in [1.82, 2.24) is 5.06 Å². The summed E-state index contributed by atoms with van der Waals surface area (Å²) < 4.78 is 0. The van der Waals surface area contributed by atoms with Gasteiger partial charge in [0.2, 0.25) is 0 Å². The van der Waals surface area contributed by atoms with Crippen molar-refractivity contribution in [2.75, 3.05) is 0 Å². The molecule has 0 heterocycles. The molecule has 2 nitrogen and oxygen atoms in total. The molecule has 0 spiro atoms. The second-order valence-electron chi connectivity index (χ2n) is 5.53. The van der Waals surface area contributed by atoms with Crippen molar-refractivity contribution >= 4 is 0 Å². The minimum Gasteiger partial charge on any atom is -0.312 e. The van der Waals surface area contributed by atoms with Gasteiger partial charge in [-0.1, -0.05) is 90.7 Å². The van der Waals surface area contributed by atoms with Gasteiger partial charge in [0.05, 0.1) is 6.54 Å². The number of rotatable bonds is 4. The lowest BCUT2D eigenvalue weighted by Gasteiger charge is -2.22. The third-order valence-electron chi connectivity index (χ3n) is 3.73. The van der Waals surface area contributed by atoms with Crippen molar-refractivity contribution in [2.24, 2.45) is 0 Å². The first-order chi connectivity index (χ1) is 11.8. The van der Waals surface area contributed by atoms with Crippen molar-refractivity contribution in [3.63, 3.8) is 0 Å². The summed E-state index contributed by atoms with van der Waals surface area (Å²) in [5, 5.41) is 11.9. The smallest absolute Gasteiger partial charge is 0.121 e. The molecule has 0 saturated carbocycles. The van der Waals surface area contributed by atoms with Gasteiger partial charge in [-0.25, -0.2) is 0 Å². The fourth-order valence-corrected chi connectivity index (χ4v) is 2.50. The second-order valence-corrected chi connectivity index (χ2v) is 5.53. The monoisotopic (exact) mass is 313 g/mol. The maximum Gasteiger partial charge on any atom is 0.121 e. The summed E-state index contributed by atoms with van der Waals surface area (Å²) in [6.07, 6.45) is 0. The zero-order chi connectivity index (χ0) is 16.6. The van der Waals surface area contributed by atoms with E-state index in [1.54, 1.807) is 0 Å². The first-order valence-electron chi connectivity index (χ1n) is 7.94. The van der Waals surface area contributed by atoms with Gasteiger partial charge in [-0.05, 0) is 23.3 Å². The van der Waals surface area contributed by atoms with Crippen molar-refractivity contribution in [1.29, 1.82) is 0 Å². The van der Waals surface area contributed by atoms with Gasteiger partial charge in [-0.3, -0.25) is 0 Å². The standard InChI is InChI=1S/C22H19NO/c24-23(18-20-12-6-2-7-13-20)22(21-14-8-3-9-15-21)17-16-19-10-4-1-5-11-19/h1-15,22,24H,18H2. The molecule has 0 saturated heterocycles. The molecule has 118 valence electrons. The van der Waals surface area contributed by atoms with Gasteiger partial charge in [0.15, 0.2) is 0 Å². The zero-order valence-corrected chi connectivity index (χ0v) is 13.3. The highest BCUT2D eigenvalue weighted by Crippen LogP contribution is 2.20. The Morgan fingerprint density at radius 2 is 1.29 bits per heavy atom. The molecule has 3 rings (SSSR count). The van der Waals surface area contributed by atoms with Crippen LogP contribution in [0.4, 0.5) is 0 Å². The molecule has 1 N–H and O–H groups in total. The van der Waals surface area contributed by atoms with Crippen molar-refractivity contribution < 1.29 is 5.21 Å². The van der Waals surface area contributed by atoms with Crippen LogP contribution in [0, 0.1) is 11.8 Å². The molecule has 0 amide bonds. The highest BCUT2D eigenvalue weighted by Gasteiger charge is 2.16. The van der Waals surface area contributed by atoms with Crippen LogP contribution in [0.25, 0.3) is 0 Å². The molecule has 0 aromatic heterocycles. The van der Waals surface area contributed by atoms with Gasteiger partial charge in [0, 0.05) is 5.56 Å². The van der Waals surface area contributed by atoms with E-state index in [9.17, 15) is 5.21 Å². The Morgan fingerprint density at radius 1 is 0.750 bits per heavy atom. The van der Waals surface area contributed by atoms with E-state index in [0.29, 0.717) is 6.54 Å². The quantitative estimate of drug-likeness (QED) is 0.559. The fraction of sp³-hybridized carbons (Fsp3) is 0.0909. The van der Waals surface area contributed by atoms with Crippen LogP contribution in [0.2, 0.25) is 0 Å². The molecule has 0 aliphatic rings. The molecule has 24 heavy (non-hydrogen) atoms. The van der Waals surface area contributed by atoms with Crippen LogP contribution in [-0.2, 0) is 6.54 Å². The molecule has 3 aromatic rings. The van der Waals surface area contributed by atoms with Gasteiger partial charge in [-0.15, -0.1) is 0 Å². The average molecular weight is 313 g/mol. The van der Waals surface area contributed by atoms with E-state index in [4.69, 9.17) is 0 Å². The Morgan fingerprint density at radius 3 is 1.92 bits per heavy atom. The Bertz CT molecular complexity index is 804. The summed E-state index contributed by atoms with van der Waals surface area (Å²) in [5.74, 6) is 6.36. The molecule has 0 radical (unpaired) electrons. The summed E-state index contributed by atoms with van der Waals surface area (Å²) in [6.45, 7) is 0.421. The van der Waals surface area contributed by atoms with E-state index in [0.717, 1.165) is 16.7 Å². The summed E-state index contributed by atoms with van der Waals surface area (Å²) in [4.78, 5) is 0. The lowest BCUT2D eigenvalue weighted by Crippen LogP contribution is -2.24. The van der Waals surface area contributed by atoms with Crippen LogP contribution >= 0.6 is 0 Å². The van der Waals surface area contributed by atoms with Crippen LogP contribution < -0.4 is 0 Å². The van der Waals surface area contributed by atoms with Gasteiger partial charge < -0.3 is 5.21 Å². The maximum absolute atomic E-state index is 10.6. The predicted octanol–water partition coefficient (Wildman–Crippen LogP) is 4.67.